The van der Waals surface area contributed by atoms with E-state index in [1.807, 2.05) is 0 Å². The average Bonchev–Trinajstić information content (AvgIpc) is 3.19. The van der Waals surface area contributed by atoms with Gasteiger partial charge in [0.05, 0.1) is 12.7 Å². The highest BCUT2D eigenvalue weighted by Crippen LogP contribution is 2.23. The molecule has 0 fully saturated rings. The molecule has 0 amide bonds. The Kier molecular flexibility index (Phi) is 2.93. The van der Waals surface area contributed by atoms with Crippen molar-refractivity contribution in [2.24, 2.45) is 0 Å². The zero-order valence-electron chi connectivity index (χ0n) is 11.7. The Morgan fingerprint density at radius 3 is 2.87 bits per heavy atom. The lowest BCUT2D eigenvalue weighted by Crippen LogP contribution is -2.06. The minimum absolute atomic E-state index is 0.0548. The highest BCUT2D eigenvalue weighted by atomic mass is 19.1. The van der Waals surface area contributed by atoms with Crippen LogP contribution in [0.25, 0.3) is 22.6 Å². The number of nitrogens with two attached hydrogens (primary N) is 1. The second kappa shape index (κ2) is 5.09. The van der Waals surface area contributed by atoms with Crippen molar-refractivity contribution in [3.8, 4) is 11.4 Å². The van der Waals surface area contributed by atoms with Gasteiger partial charge < -0.3 is 5.73 Å². The van der Waals surface area contributed by atoms with Gasteiger partial charge in [0.1, 0.15) is 17.2 Å². The Labute approximate surface area is 128 Å². The number of rotatable bonds is 3. The van der Waals surface area contributed by atoms with Crippen molar-refractivity contribution in [2.45, 2.75) is 6.54 Å². The standard InChI is InChI=1S/C13H10FN9/c14-8-4-2-1-3-7(8)6-23-12-11(20-22-23)10(17-13(15)18-12)9-5-16-21-19-9/h1-5H,6H2,(H2,15,17,18)(H,16,19,21). The zero-order valence-corrected chi connectivity index (χ0v) is 11.7. The van der Waals surface area contributed by atoms with E-state index in [2.05, 4.69) is 35.7 Å². The van der Waals surface area contributed by atoms with Gasteiger partial charge in [-0.3, -0.25) is 5.10 Å². The highest BCUT2D eigenvalue weighted by Gasteiger charge is 2.17. The Morgan fingerprint density at radius 1 is 1.22 bits per heavy atom. The van der Waals surface area contributed by atoms with Gasteiger partial charge in [-0.05, 0) is 6.07 Å². The van der Waals surface area contributed by atoms with E-state index in [0.717, 1.165) is 0 Å². The molecule has 3 heterocycles. The number of nitrogen functional groups attached to an aromatic ring is 1. The lowest BCUT2D eigenvalue weighted by Gasteiger charge is -2.04. The number of fused-ring (bicyclic) bond motifs is 1. The molecule has 0 atom stereocenters. The first kappa shape index (κ1) is 13.2. The maximum absolute atomic E-state index is 13.8. The summed E-state index contributed by atoms with van der Waals surface area (Å²) in [6.07, 6.45) is 1.50. The second-order valence-electron chi connectivity index (χ2n) is 4.81. The Bertz CT molecular complexity index is 976. The van der Waals surface area contributed by atoms with E-state index < -0.39 is 0 Å². The third-order valence-electron chi connectivity index (χ3n) is 3.33. The van der Waals surface area contributed by atoms with E-state index in [4.69, 9.17) is 5.73 Å². The Balaban J connectivity index is 1.85. The largest absolute Gasteiger partial charge is 0.368 e. The highest BCUT2D eigenvalue weighted by molar-refractivity contribution is 5.86. The molecule has 4 aromatic rings. The summed E-state index contributed by atoms with van der Waals surface area (Å²) in [6.45, 7) is 0.181. The van der Waals surface area contributed by atoms with Crippen LogP contribution in [-0.2, 0) is 6.54 Å². The molecule has 4 rings (SSSR count). The van der Waals surface area contributed by atoms with Crippen LogP contribution in [-0.4, -0.2) is 40.4 Å². The van der Waals surface area contributed by atoms with Gasteiger partial charge in [0.25, 0.3) is 0 Å². The molecule has 0 unspecified atom stereocenters. The number of H-pyrrole nitrogens is 1. The lowest BCUT2D eigenvalue weighted by atomic mass is 10.2. The van der Waals surface area contributed by atoms with E-state index in [1.54, 1.807) is 18.2 Å². The van der Waals surface area contributed by atoms with Crippen molar-refractivity contribution >= 4 is 17.1 Å². The number of aromatic nitrogens is 8. The molecule has 0 aliphatic rings. The molecule has 0 bridgehead atoms. The van der Waals surface area contributed by atoms with Gasteiger partial charge in [-0.15, -0.1) is 10.2 Å². The lowest BCUT2D eigenvalue weighted by molar-refractivity contribution is 0.582. The monoisotopic (exact) mass is 311 g/mol. The van der Waals surface area contributed by atoms with Crippen LogP contribution in [0.4, 0.5) is 10.3 Å². The molecule has 3 aromatic heterocycles. The third kappa shape index (κ3) is 2.25. The van der Waals surface area contributed by atoms with Gasteiger partial charge in [0.15, 0.2) is 11.2 Å². The fourth-order valence-electron chi connectivity index (χ4n) is 2.27. The van der Waals surface area contributed by atoms with Gasteiger partial charge in [0.2, 0.25) is 5.95 Å². The average molecular weight is 311 g/mol. The van der Waals surface area contributed by atoms with Crippen LogP contribution in [0.3, 0.4) is 0 Å². The summed E-state index contributed by atoms with van der Waals surface area (Å²) in [5, 5.41) is 18.2. The fourth-order valence-corrected chi connectivity index (χ4v) is 2.27. The molecule has 0 saturated carbocycles. The molecule has 0 radical (unpaired) electrons. The summed E-state index contributed by atoms with van der Waals surface area (Å²) in [5.74, 6) is -0.268. The molecule has 23 heavy (non-hydrogen) atoms. The quantitative estimate of drug-likeness (QED) is 0.572. The van der Waals surface area contributed by atoms with E-state index in [9.17, 15) is 4.39 Å². The molecule has 0 aliphatic heterocycles. The molecule has 114 valence electrons. The predicted molar refractivity (Wildman–Crippen MR) is 78.4 cm³/mol. The molecule has 9 nitrogen and oxygen atoms in total. The third-order valence-corrected chi connectivity index (χ3v) is 3.33. The number of hydrogen-bond acceptors (Lipinski definition) is 7. The van der Waals surface area contributed by atoms with Gasteiger partial charge >= 0.3 is 0 Å². The molecule has 10 heteroatoms. The van der Waals surface area contributed by atoms with Crippen LogP contribution in [0.5, 0.6) is 0 Å². The van der Waals surface area contributed by atoms with Crippen LogP contribution >= 0.6 is 0 Å². The Morgan fingerprint density at radius 2 is 2.09 bits per heavy atom. The summed E-state index contributed by atoms with van der Waals surface area (Å²) in [7, 11) is 0. The van der Waals surface area contributed by atoms with Crippen LogP contribution < -0.4 is 5.73 Å². The number of anilines is 1. The van der Waals surface area contributed by atoms with Crippen LogP contribution in [0.1, 0.15) is 5.56 Å². The van der Waals surface area contributed by atoms with Gasteiger partial charge in [0, 0.05) is 5.56 Å². The van der Waals surface area contributed by atoms with Crippen molar-refractivity contribution in [1.29, 1.82) is 0 Å². The number of halogens is 1. The fraction of sp³-hybridized carbons (Fsp3) is 0.0769. The Hall–Kier alpha value is -3.43. The van der Waals surface area contributed by atoms with Gasteiger partial charge in [-0.1, -0.05) is 28.6 Å². The number of benzene rings is 1. The van der Waals surface area contributed by atoms with Crippen molar-refractivity contribution in [1.82, 2.24) is 40.4 Å². The SMILES string of the molecule is Nc1nc(-c2cnn[nH]2)c2nnn(Cc3ccccc3F)c2n1. The summed E-state index contributed by atoms with van der Waals surface area (Å²) < 4.78 is 15.3. The minimum Gasteiger partial charge on any atom is -0.368 e. The van der Waals surface area contributed by atoms with Gasteiger partial charge in [-0.2, -0.15) is 4.98 Å². The van der Waals surface area contributed by atoms with Crippen molar-refractivity contribution < 1.29 is 4.39 Å². The van der Waals surface area contributed by atoms with E-state index >= 15 is 0 Å². The molecule has 0 saturated heterocycles. The van der Waals surface area contributed by atoms with Crippen LogP contribution in [0, 0.1) is 5.82 Å². The smallest absolute Gasteiger partial charge is 0.222 e. The van der Waals surface area contributed by atoms with E-state index in [-0.39, 0.29) is 18.3 Å². The maximum Gasteiger partial charge on any atom is 0.222 e. The summed E-state index contributed by atoms with van der Waals surface area (Å²) >= 11 is 0. The van der Waals surface area contributed by atoms with E-state index in [1.165, 1.54) is 16.9 Å². The van der Waals surface area contributed by atoms with E-state index in [0.29, 0.717) is 28.1 Å². The first-order chi connectivity index (χ1) is 11.2. The van der Waals surface area contributed by atoms with Gasteiger partial charge in [-0.25, -0.2) is 14.1 Å². The summed E-state index contributed by atoms with van der Waals surface area (Å²) in [6, 6.07) is 6.44. The van der Waals surface area contributed by atoms with Crippen LogP contribution in [0.15, 0.2) is 30.5 Å². The number of nitrogens with zero attached hydrogens (tertiary/aromatic N) is 7. The molecule has 1 aromatic carbocycles. The molecule has 3 N–H and O–H groups in total. The predicted octanol–water partition coefficient (Wildman–Crippen LogP) is 0.776. The number of hydrogen-bond donors (Lipinski definition) is 2. The molecule has 0 spiro atoms. The topological polar surface area (TPSA) is 124 Å². The van der Waals surface area contributed by atoms with Crippen molar-refractivity contribution in [3.05, 3.63) is 41.8 Å². The first-order valence-electron chi connectivity index (χ1n) is 6.69. The minimum atomic E-state index is -0.323. The molecule has 0 aliphatic carbocycles. The van der Waals surface area contributed by atoms with Crippen molar-refractivity contribution in [2.75, 3.05) is 5.73 Å². The zero-order chi connectivity index (χ0) is 15.8. The summed E-state index contributed by atoms with van der Waals surface area (Å²) in [5.41, 5.74) is 8.06. The van der Waals surface area contributed by atoms with Crippen molar-refractivity contribution in [3.63, 3.8) is 0 Å². The number of aromatic amines is 1. The van der Waals surface area contributed by atoms with Crippen LogP contribution in [0.2, 0.25) is 0 Å². The maximum atomic E-state index is 13.8. The molecular weight excluding hydrogens is 301 g/mol. The first-order valence-corrected chi connectivity index (χ1v) is 6.69. The second-order valence-corrected chi connectivity index (χ2v) is 4.81. The molecular formula is C13H10FN9. The number of nitrogens with one attached hydrogen (secondary N) is 1. The summed E-state index contributed by atoms with van der Waals surface area (Å²) in [4.78, 5) is 8.31. The normalized spacial score (nSPS) is 11.2.